The predicted molar refractivity (Wildman–Crippen MR) is 147 cm³/mol. The van der Waals surface area contributed by atoms with Gasteiger partial charge in [0.25, 0.3) is 0 Å². The molecule has 0 saturated carbocycles. The molecule has 0 atom stereocenters. The summed E-state index contributed by atoms with van der Waals surface area (Å²) in [5, 5.41) is 9.38. The first-order valence-corrected chi connectivity index (χ1v) is 19.8. The molecule has 0 radical (unpaired) electrons. The van der Waals surface area contributed by atoms with Gasteiger partial charge in [-0.1, -0.05) is 113 Å². The molecule has 0 aromatic heterocycles. The van der Waals surface area contributed by atoms with Crippen LogP contribution >= 0.6 is 0 Å². The van der Waals surface area contributed by atoms with Crippen LogP contribution in [-0.2, 0) is 0 Å². The van der Waals surface area contributed by atoms with Crippen LogP contribution in [0.15, 0.2) is 48.5 Å². The summed E-state index contributed by atoms with van der Waals surface area (Å²) in [7, 11) is -1.88. The zero-order chi connectivity index (χ0) is 24.3. The molecule has 2 rings (SSSR count). The van der Waals surface area contributed by atoms with Crippen LogP contribution in [0.1, 0.15) is 55.3 Å². The van der Waals surface area contributed by atoms with Crippen molar-refractivity contribution in [3.05, 3.63) is 54.1 Å². The first-order chi connectivity index (χ1) is 15.6. The number of carbonyl (C=O) groups is 1. The van der Waals surface area contributed by atoms with Gasteiger partial charge in [0.2, 0.25) is 0 Å². The maximum atomic E-state index is 11.4. The number of aromatic carboxylic acids is 1. The van der Waals surface area contributed by atoms with E-state index in [-0.39, 0.29) is 0 Å². The third-order valence-electron chi connectivity index (χ3n) is 6.10. The van der Waals surface area contributed by atoms with Gasteiger partial charge in [0, 0.05) is 16.1 Å². The summed E-state index contributed by atoms with van der Waals surface area (Å²) >= 11 is 0. The molecule has 0 saturated heterocycles. The molecule has 0 bridgehead atoms. The lowest BCUT2D eigenvalue weighted by Crippen LogP contribution is -2.37. The highest BCUT2D eigenvalue weighted by atomic mass is 28.4. The third kappa shape index (κ3) is 10.7. The van der Waals surface area contributed by atoms with Gasteiger partial charge >= 0.3 is 5.97 Å². The largest absolute Gasteiger partial charge is 0.494 e. The van der Waals surface area contributed by atoms with Gasteiger partial charge in [0.05, 0.1) is 12.2 Å². The van der Waals surface area contributed by atoms with Crippen molar-refractivity contribution in [3.8, 4) is 16.9 Å². The summed E-state index contributed by atoms with van der Waals surface area (Å²) < 4.78 is 5.89. The number of carboxylic acid groups (broad SMARTS) is 1. The molecule has 0 aliphatic heterocycles. The van der Waals surface area contributed by atoms with Gasteiger partial charge in [0.15, 0.2) is 0 Å². The van der Waals surface area contributed by atoms with Crippen LogP contribution in [0.5, 0.6) is 5.75 Å². The Morgan fingerprint density at radius 2 is 1.36 bits per heavy atom. The van der Waals surface area contributed by atoms with E-state index in [4.69, 9.17) is 4.74 Å². The van der Waals surface area contributed by atoms with E-state index in [0.29, 0.717) is 5.56 Å². The quantitative estimate of drug-likeness (QED) is 0.203. The summed E-state index contributed by atoms with van der Waals surface area (Å²) in [6, 6.07) is 16.3. The number of carboxylic acids is 1. The van der Waals surface area contributed by atoms with Crippen LogP contribution in [0, 0.1) is 0 Å². The Morgan fingerprint density at radius 3 is 1.97 bits per heavy atom. The summed E-state index contributed by atoms with van der Waals surface area (Å²) in [5.41, 5.74) is 3.52. The van der Waals surface area contributed by atoms with Crippen LogP contribution in [0.2, 0.25) is 44.4 Å². The maximum Gasteiger partial charge on any atom is 0.336 e. The second kappa shape index (κ2) is 13.1. The van der Waals surface area contributed by atoms with E-state index in [1.54, 1.807) is 17.8 Å². The Labute approximate surface area is 203 Å². The van der Waals surface area contributed by atoms with Crippen molar-refractivity contribution >= 4 is 22.1 Å². The molecular weight excluding hydrogens is 440 g/mol. The first-order valence-electron chi connectivity index (χ1n) is 12.6. The molecule has 0 aliphatic rings. The monoisotopic (exact) mass is 484 g/mol. The molecule has 0 fully saturated rings. The van der Waals surface area contributed by atoms with Gasteiger partial charge in [-0.05, 0) is 35.7 Å². The molecule has 0 aliphatic carbocycles. The highest BCUT2D eigenvalue weighted by Gasteiger charge is 2.27. The van der Waals surface area contributed by atoms with Crippen molar-refractivity contribution in [2.75, 3.05) is 6.61 Å². The Hall–Kier alpha value is -1.86. The van der Waals surface area contributed by atoms with Gasteiger partial charge in [-0.25, -0.2) is 4.79 Å². The van der Waals surface area contributed by atoms with Crippen molar-refractivity contribution in [1.82, 2.24) is 0 Å². The lowest BCUT2D eigenvalue weighted by molar-refractivity contribution is 0.0697. The average molecular weight is 485 g/mol. The molecule has 2 aromatic carbocycles. The van der Waals surface area contributed by atoms with E-state index in [0.717, 1.165) is 29.9 Å². The summed E-state index contributed by atoms with van der Waals surface area (Å²) in [4.78, 5) is 11.4. The molecule has 0 unspecified atom stereocenters. The second-order valence-electron chi connectivity index (χ2n) is 11.4. The van der Waals surface area contributed by atoms with Gasteiger partial charge in [0.1, 0.15) is 5.75 Å². The van der Waals surface area contributed by atoms with E-state index >= 15 is 0 Å². The summed E-state index contributed by atoms with van der Waals surface area (Å²) in [6.45, 7) is 13.5. The van der Waals surface area contributed by atoms with Gasteiger partial charge in [-0.15, -0.1) is 0 Å². The number of ether oxygens (including phenoxy) is 1. The minimum atomic E-state index is -0.969. The summed E-state index contributed by atoms with van der Waals surface area (Å²) in [6.07, 6.45) is 9.14. The average Bonchev–Trinajstić information content (AvgIpc) is 2.73. The predicted octanol–water partition coefficient (Wildman–Crippen LogP) is 8.75. The highest BCUT2D eigenvalue weighted by molar-refractivity contribution is 6.94. The number of benzene rings is 2. The molecule has 2 aromatic rings. The van der Waals surface area contributed by atoms with Gasteiger partial charge in [-0.2, -0.15) is 0 Å². The molecule has 3 nitrogen and oxygen atoms in total. The van der Waals surface area contributed by atoms with E-state index in [9.17, 15) is 9.90 Å². The van der Waals surface area contributed by atoms with E-state index in [1.807, 2.05) is 36.4 Å². The Balaban J connectivity index is 1.58. The van der Waals surface area contributed by atoms with Crippen LogP contribution < -0.4 is 4.74 Å². The fraction of sp³-hybridized carbons (Fsp3) is 0.536. The lowest BCUT2D eigenvalue weighted by Gasteiger charge is -2.29. The fourth-order valence-corrected chi connectivity index (χ4v) is 18.4. The molecule has 0 amide bonds. The van der Waals surface area contributed by atoms with Crippen molar-refractivity contribution in [3.63, 3.8) is 0 Å². The van der Waals surface area contributed by atoms with Crippen LogP contribution in [-0.4, -0.2) is 33.8 Å². The minimum Gasteiger partial charge on any atom is -0.494 e. The Kier molecular flexibility index (Phi) is 10.9. The Bertz CT molecular complexity index is 854. The van der Waals surface area contributed by atoms with Crippen LogP contribution in [0.25, 0.3) is 11.1 Å². The SMILES string of the molecule is C[Si](C)(C)C[Si](C)(C)CCCCCCCCCOc1ccc(-c2ccccc2C(=O)O)cc1. The van der Waals surface area contributed by atoms with Gasteiger partial charge < -0.3 is 9.84 Å². The topological polar surface area (TPSA) is 46.5 Å². The second-order valence-corrected chi connectivity index (χ2v) is 22.7. The summed E-state index contributed by atoms with van der Waals surface area (Å²) in [5.74, 6) is -0.0599. The van der Waals surface area contributed by atoms with E-state index in [1.165, 1.54) is 44.6 Å². The van der Waals surface area contributed by atoms with Crippen LogP contribution in [0.4, 0.5) is 0 Å². The fourth-order valence-electron chi connectivity index (χ4n) is 4.96. The van der Waals surface area contributed by atoms with Crippen molar-refractivity contribution < 1.29 is 14.6 Å². The normalized spacial score (nSPS) is 12.0. The zero-order valence-electron chi connectivity index (χ0n) is 21.5. The van der Waals surface area contributed by atoms with E-state index < -0.39 is 22.1 Å². The van der Waals surface area contributed by atoms with Crippen molar-refractivity contribution in [1.29, 1.82) is 0 Å². The third-order valence-corrected chi connectivity index (χ3v) is 15.9. The maximum absolute atomic E-state index is 11.4. The number of unbranched alkanes of at least 4 members (excludes halogenated alkanes) is 6. The molecule has 182 valence electrons. The van der Waals surface area contributed by atoms with E-state index in [2.05, 4.69) is 32.7 Å². The number of hydrogen-bond donors (Lipinski definition) is 1. The molecule has 1 N–H and O–H groups in total. The molecule has 33 heavy (non-hydrogen) atoms. The molecule has 0 heterocycles. The van der Waals surface area contributed by atoms with Crippen LogP contribution in [0.3, 0.4) is 0 Å². The smallest absolute Gasteiger partial charge is 0.336 e. The number of rotatable bonds is 15. The van der Waals surface area contributed by atoms with Gasteiger partial charge in [-0.3, -0.25) is 0 Å². The standard InChI is InChI=1S/C28H44O3Si2/c1-32(2,3)23-33(4,5)22-14-10-8-6-7-9-13-21-31-25-19-17-24(18-20-25)26-15-11-12-16-27(26)28(29)30/h11-12,15-20H,6-10,13-14,21-23H2,1-5H3,(H,29,30). The molecule has 0 spiro atoms. The molecular formula is C28H44O3Si2. The molecule has 5 heteroatoms. The number of hydrogen-bond acceptors (Lipinski definition) is 2. The zero-order valence-corrected chi connectivity index (χ0v) is 23.5. The minimum absolute atomic E-state index is 0.323. The van der Waals surface area contributed by atoms with Crippen molar-refractivity contribution in [2.45, 2.75) is 89.4 Å². The lowest BCUT2D eigenvalue weighted by atomic mass is 10.00. The highest BCUT2D eigenvalue weighted by Crippen LogP contribution is 2.27. The first kappa shape index (κ1) is 27.4. The Morgan fingerprint density at radius 1 is 0.788 bits per heavy atom. The van der Waals surface area contributed by atoms with Crippen molar-refractivity contribution in [2.24, 2.45) is 0 Å².